The van der Waals surface area contributed by atoms with Gasteiger partial charge in [-0.1, -0.05) is 0 Å². The zero-order valence-corrected chi connectivity index (χ0v) is 15.4. The Morgan fingerprint density at radius 2 is 2.04 bits per heavy atom. The first kappa shape index (κ1) is 19.6. The van der Waals surface area contributed by atoms with Gasteiger partial charge in [0.25, 0.3) is 5.91 Å². The van der Waals surface area contributed by atoms with Gasteiger partial charge in [0.05, 0.1) is 18.4 Å². The van der Waals surface area contributed by atoms with E-state index in [2.05, 4.69) is 5.32 Å². The average molecular weight is 412 g/mol. The topological polar surface area (TPSA) is 156 Å². The van der Waals surface area contributed by atoms with E-state index in [1.54, 1.807) is 0 Å². The average Bonchev–Trinajstić information content (AvgIpc) is 2.88. The highest BCUT2D eigenvalue weighted by Gasteiger charge is 2.40. The lowest BCUT2D eigenvalue weighted by Crippen LogP contribution is -2.52. The number of benzene rings is 1. The van der Waals surface area contributed by atoms with Crippen molar-refractivity contribution in [1.29, 1.82) is 0 Å². The van der Waals surface area contributed by atoms with Crippen LogP contribution in [0.1, 0.15) is 28.8 Å². The minimum Gasteiger partial charge on any atom is -0.481 e. The number of ether oxygens (including phenoxy) is 1. The normalized spacial score (nSPS) is 19.2. The number of carbonyl (C=O) groups is 4. The summed E-state index contributed by atoms with van der Waals surface area (Å²) < 4.78 is 32.8. The van der Waals surface area contributed by atoms with Crippen LogP contribution in [-0.2, 0) is 31.0 Å². The molecular formula is C16H16N2O9S. The number of fused-ring (bicyclic) bond motifs is 1. The number of nitrogens with zero attached hydrogens (tertiary/aromatic N) is 1. The van der Waals surface area contributed by atoms with Crippen LogP contribution in [0.15, 0.2) is 12.1 Å². The highest BCUT2D eigenvalue weighted by molar-refractivity contribution is 7.86. The van der Waals surface area contributed by atoms with Gasteiger partial charge in [-0.05, 0) is 12.5 Å². The highest BCUT2D eigenvalue weighted by Crippen LogP contribution is 2.37. The number of nitrogens with one attached hydrogen (secondary N) is 1. The van der Waals surface area contributed by atoms with Crippen LogP contribution in [0.5, 0.6) is 11.5 Å². The molecule has 12 heteroatoms. The van der Waals surface area contributed by atoms with E-state index in [9.17, 15) is 27.6 Å². The standard InChI is InChI=1S/C16H16N2O9S/c1-28(24,25)27-8-4-9-10(12(5-8)26-7-14(20)21)6-18(16(9)23)11-2-3-13(19)17-15(11)22/h4-5,11H,2-3,6-7H2,1H3,(H,20,21)(H,17,19,22). The second-order valence-corrected chi connectivity index (χ2v) is 7.89. The van der Waals surface area contributed by atoms with Gasteiger partial charge in [-0.25, -0.2) is 4.79 Å². The van der Waals surface area contributed by atoms with Crippen molar-refractivity contribution in [3.8, 4) is 11.5 Å². The molecule has 0 saturated carbocycles. The number of piperidine rings is 1. The van der Waals surface area contributed by atoms with Gasteiger partial charge >= 0.3 is 16.1 Å². The van der Waals surface area contributed by atoms with Crippen molar-refractivity contribution in [2.75, 3.05) is 12.9 Å². The minimum absolute atomic E-state index is 0.0336. The lowest BCUT2D eigenvalue weighted by atomic mass is 10.0. The number of rotatable bonds is 6. The molecule has 28 heavy (non-hydrogen) atoms. The monoisotopic (exact) mass is 412 g/mol. The molecule has 1 atom stereocenters. The SMILES string of the molecule is CS(=O)(=O)Oc1cc(OCC(=O)O)c2c(c1)C(=O)N(C1CCC(=O)NC1=O)C2. The fourth-order valence-corrected chi connectivity index (χ4v) is 3.54. The van der Waals surface area contributed by atoms with Crippen LogP contribution in [-0.4, -0.2) is 61.0 Å². The van der Waals surface area contributed by atoms with E-state index in [0.717, 1.165) is 6.26 Å². The number of carbonyl (C=O) groups excluding carboxylic acids is 3. The van der Waals surface area contributed by atoms with Crippen molar-refractivity contribution in [3.05, 3.63) is 23.3 Å². The second-order valence-electron chi connectivity index (χ2n) is 6.32. The number of aliphatic carboxylic acids is 1. The molecule has 0 aliphatic carbocycles. The van der Waals surface area contributed by atoms with Crippen LogP contribution in [0, 0.1) is 0 Å². The molecule has 11 nitrogen and oxygen atoms in total. The third kappa shape index (κ3) is 4.06. The Hall–Kier alpha value is -3.15. The molecule has 1 aromatic rings. The summed E-state index contributed by atoms with van der Waals surface area (Å²) in [6.45, 7) is -0.782. The molecule has 0 aromatic heterocycles. The third-order valence-electron chi connectivity index (χ3n) is 4.19. The Labute approximate surface area is 159 Å². The first-order chi connectivity index (χ1) is 13.0. The molecule has 1 aromatic carbocycles. The summed E-state index contributed by atoms with van der Waals surface area (Å²) in [5.74, 6) is -3.15. The second kappa shape index (κ2) is 7.11. The number of amides is 3. The lowest BCUT2D eigenvalue weighted by Gasteiger charge is -2.29. The molecule has 1 unspecified atom stereocenters. The largest absolute Gasteiger partial charge is 0.481 e. The van der Waals surface area contributed by atoms with E-state index in [-0.39, 0.29) is 36.4 Å². The number of carboxylic acid groups (broad SMARTS) is 1. The van der Waals surface area contributed by atoms with E-state index >= 15 is 0 Å². The smallest absolute Gasteiger partial charge is 0.341 e. The maximum atomic E-state index is 12.8. The van der Waals surface area contributed by atoms with Gasteiger partial charge in [-0.3, -0.25) is 19.7 Å². The Balaban J connectivity index is 1.97. The van der Waals surface area contributed by atoms with E-state index in [1.165, 1.54) is 17.0 Å². The third-order valence-corrected chi connectivity index (χ3v) is 4.68. The maximum Gasteiger partial charge on any atom is 0.341 e. The van der Waals surface area contributed by atoms with Crippen LogP contribution in [0.2, 0.25) is 0 Å². The highest BCUT2D eigenvalue weighted by atomic mass is 32.2. The van der Waals surface area contributed by atoms with Crippen molar-refractivity contribution < 1.29 is 41.6 Å². The summed E-state index contributed by atoms with van der Waals surface area (Å²) in [6.07, 6.45) is 1.03. The Bertz CT molecular complexity index is 986. The van der Waals surface area contributed by atoms with Gasteiger partial charge in [-0.2, -0.15) is 8.42 Å². The first-order valence-electron chi connectivity index (χ1n) is 8.11. The molecular weight excluding hydrogens is 396 g/mol. The summed E-state index contributed by atoms with van der Waals surface area (Å²) in [7, 11) is -3.91. The molecule has 2 heterocycles. The molecule has 2 N–H and O–H groups in total. The van der Waals surface area contributed by atoms with Crippen molar-refractivity contribution >= 4 is 33.8 Å². The van der Waals surface area contributed by atoms with E-state index in [1.807, 2.05) is 0 Å². The van der Waals surface area contributed by atoms with Crippen molar-refractivity contribution in [3.63, 3.8) is 0 Å². The molecule has 3 amide bonds. The molecule has 0 spiro atoms. The summed E-state index contributed by atoms with van der Waals surface area (Å²) in [5.41, 5.74) is 0.336. The van der Waals surface area contributed by atoms with E-state index in [0.29, 0.717) is 5.56 Å². The molecule has 150 valence electrons. The van der Waals surface area contributed by atoms with E-state index in [4.69, 9.17) is 14.0 Å². The summed E-state index contributed by atoms with van der Waals surface area (Å²) in [4.78, 5) is 48.3. The van der Waals surface area contributed by atoms with E-state index < -0.39 is 46.5 Å². The van der Waals surface area contributed by atoms with Crippen molar-refractivity contribution in [1.82, 2.24) is 10.2 Å². The number of carboxylic acids is 1. The quantitative estimate of drug-likeness (QED) is 0.453. The van der Waals surface area contributed by atoms with Gasteiger partial charge in [0.15, 0.2) is 6.61 Å². The van der Waals surface area contributed by atoms with Crippen LogP contribution < -0.4 is 14.2 Å². The molecule has 0 bridgehead atoms. The zero-order chi connectivity index (χ0) is 20.6. The molecule has 2 aliphatic rings. The van der Waals surface area contributed by atoms with Gasteiger partial charge in [0, 0.05) is 18.1 Å². The maximum absolute atomic E-state index is 12.8. The van der Waals surface area contributed by atoms with Crippen LogP contribution in [0.3, 0.4) is 0 Å². The summed E-state index contributed by atoms with van der Waals surface area (Å²) in [6, 6.07) is 1.48. The Morgan fingerprint density at radius 3 is 2.64 bits per heavy atom. The Morgan fingerprint density at radius 1 is 1.32 bits per heavy atom. The fraction of sp³-hybridized carbons (Fsp3) is 0.375. The number of hydrogen-bond donors (Lipinski definition) is 2. The Kier molecular flexibility index (Phi) is 4.98. The lowest BCUT2D eigenvalue weighted by molar-refractivity contribution is -0.139. The molecule has 0 radical (unpaired) electrons. The molecule has 1 saturated heterocycles. The van der Waals surface area contributed by atoms with Crippen LogP contribution >= 0.6 is 0 Å². The van der Waals surface area contributed by atoms with Crippen LogP contribution in [0.4, 0.5) is 0 Å². The summed E-state index contributed by atoms with van der Waals surface area (Å²) in [5, 5.41) is 11.0. The van der Waals surface area contributed by atoms with Gasteiger partial charge in [-0.15, -0.1) is 0 Å². The van der Waals surface area contributed by atoms with Crippen LogP contribution in [0.25, 0.3) is 0 Å². The van der Waals surface area contributed by atoms with Crippen molar-refractivity contribution in [2.45, 2.75) is 25.4 Å². The zero-order valence-electron chi connectivity index (χ0n) is 14.6. The first-order valence-corrected chi connectivity index (χ1v) is 9.92. The fourth-order valence-electron chi connectivity index (χ4n) is 3.09. The summed E-state index contributed by atoms with van der Waals surface area (Å²) >= 11 is 0. The molecule has 1 fully saturated rings. The van der Waals surface area contributed by atoms with Gasteiger partial charge in [0.2, 0.25) is 11.8 Å². The molecule has 3 rings (SSSR count). The predicted molar refractivity (Wildman–Crippen MR) is 91.1 cm³/mol. The number of hydrogen-bond acceptors (Lipinski definition) is 8. The number of imide groups is 1. The predicted octanol–water partition coefficient (Wildman–Crippen LogP) is -0.751. The molecule has 2 aliphatic heterocycles. The van der Waals surface area contributed by atoms with Gasteiger partial charge < -0.3 is 18.9 Å². The minimum atomic E-state index is -3.91. The van der Waals surface area contributed by atoms with Gasteiger partial charge in [0.1, 0.15) is 17.5 Å². The van der Waals surface area contributed by atoms with Crippen molar-refractivity contribution in [2.24, 2.45) is 0 Å².